The fraction of sp³-hybridized carbons (Fsp3) is 0.545. The second-order valence-electron chi connectivity index (χ2n) is 9.02. The molecule has 3 N–H and O–H groups in total. The Morgan fingerprint density at radius 1 is 1.14 bits per heavy atom. The largest absolute Gasteiger partial charge is 0.417 e. The van der Waals surface area contributed by atoms with Gasteiger partial charge in [0.25, 0.3) is 0 Å². The number of fused-ring (bicyclic) bond motifs is 1. The van der Waals surface area contributed by atoms with Gasteiger partial charge in [-0.3, -0.25) is 0 Å². The van der Waals surface area contributed by atoms with Gasteiger partial charge in [0.15, 0.2) is 11.5 Å². The van der Waals surface area contributed by atoms with E-state index in [1.165, 1.54) is 12.4 Å². The highest BCUT2D eigenvalue weighted by molar-refractivity contribution is 5.83. The molecule has 3 aromatic rings. The number of nitrogens with one attached hydrogen (secondary N) is 1. The van der Waals surface area contributed by atoms with Crippen LogP contribution in [0.25, 0.3) is 11.2 Å². The molecule has 1 aliphatic heterocycles. The Hall–Kier alpha value is -3.03. The van der Waals surface area contributed by atoms with Gasteiger partial charge in [-0.25, -0.2) is 19.9 Å². The molecule has 3 aromatic heterocycles. The molecule has 0 aromatic carbocycles. The third kappa shape index (κ3) is 4.50. The summed E-state index contributed by atoms with van der Waals surface area (Å²) in [5.74, 6) is 0.821. The van der Waals surface area contributed by atoms with Gasteiger partial charge in [0.05, 0.1) is 30.6 Å². The van der Waals surface area contributed by atoms with Crippen LogP contribution in [0.15, 0.2) is 31.0 Å². The van der Waals surface area contributed by atoms with Crippen molar-refractivity contribution in [1.82, 2.24) is 24.5 Å². The van der Waals surface area contributed by atoms with E-state index in [0.717, 1.165) is 18.7 Å². The summed E-state index contributed by atoms with van der Waals surface area (Å²) in [4.78, 5) is 19.1. The summed E-state index contributed by atoms with van der Waals surface area (Å²) in [6.45, 7) is 1.51. The normalized spacial score (nSPS) is 27.1. The molecule has 0 radical (unpaired) electrons. The van der Waals surface area contributed by atoms with Crippen LogP contribution in [-0.2, 0) is 10.9 Å². The molecule has 4 heterocycles. The van der Waals surface area contributed by atoms with Gasteiger partial charge >= 0.3 is 6.18 Å². The average molecular weight is 493 g/mol. The number of methoxy groups -OCH3 is 1. The minimum atomic E-state index is -4.42. The molecule has 0 amide bonds. The number of aliphatic hydroxyl groups is 2. The van der Waals surface area contributed by atoms with E-state index in [-0.39, 0.29) is 12.0 Å². The molecule has 0 unspecified atom stereocenters. The molecule has 1 saturated carbocycles. The number of rotatable bonds is 6. The van der Waals surface area contributed by atoms with Crippen molar-refractivity contribution < 1.29 is 28.1 Å². The van der Waals surface area contributed by atoms with Crippen LogP contribution < -0.4 is 10.2 Å². The summed E-state index contributed by atoms with van der Waals surface area (Å²) in [6.07, 6.45) is -1.18. The zero-order valence-electron chi connectivity index (χ0n) is 18.9. The molecule has 5 atom stereocenters. The maximum Gasteiger partial charge on any atom is 0.417 e. The van der Waals surface area contributed by atoms with Crippen LogP contribution in [0.5, 0.6) is 0 Å². The number of hydrogen-bond donors (Lipinski definition) is 3. The van der Waals surface area contributed by atoms with Crippen molar-refractivity contribution in [3.8, 4) is 0 Å². The second-order valence-corrected chi connectivity index (χ2v) is 9.02. The van der Waals surface area contributed by atoms with Gasteiger partial charge in [-0.15, -0.1) is 0 Å². The fourth-order valence-corrected chi connectivity index (χ4v) is 4.97. The Balaban J connectivity index is 1.30. The summed E-state index contributed by atoms with van der Waals surface area (Å²) in [7, 11) is 1.56. The molecule has 0 spiro atoms. The molecule has 5 rings (SSSR count). The first kappa shape index (κ1) is 23.7. The quantitative estimate of drug-likeness (QED) is 0.472. The van der Waals surface area contributed by atoms with Gasteiger partial charge < -0.3 is 29.7 Å². The molecular formula is C22H26F3N7O3. The minimum absolute atomic E-state index is 0.0210. The molecule has 1 aliphatic carbocycles. The van der Waals surface area contributed by atoms with E-state index in [1.54, 1.807) is 18.0 Å². The first-order chi connectivity index (χ1) is 16.8. The SMILES string of the molecule is COC[C@H]1C[C@@H](n2cnc3c(N[C@H]4CCN(c5ccc(C(F)(F)F)cn5)C4)ncnc32)[C@H](O)[C@@H]1O. The number of pyridine rings is 1. The van der Waals surface area contributed by atoms with Crippen molar-refractivity contribution in [2.45, 2.75) is 43.3 Å². The van der Waals surface area contributed by atoms with Crippen molar-refractivity contribution in [3.63, 3.8) is 0 Å². The maximum atomic E-state index is 12.8. The van der Waals surface area contributed by atoms with Gasteiger partial charge in [-0.1, -0.05) is 0 Å². The summed E-state index contributed by atoms with van der Waals surface area (Å²) >= 11 is 0. The van der Waals surface area contributed by atoms with E-state index in [2.05, 4.69) is 25.3 Å². The standard InChI is InChI=1S/C22H26F3N7O3/c1-35-9-12-6-15(19(34)18(12)33)32-11-29-17-20(27-10-28-21(17)32)30-14-4-5-31(8-14)16-3-2-13(7-26-16)22(23,24)25/h2-3,7,10-12,14-15,18-19,33-34H,4-6,8-9H2,1H3,(H,27,28,30)/t12-,14+,15-,18-,19+/m1/s1. The number of hydrogen-bond acceptors (Lipinski definition) is 9. The first-order valence-electron chi connectivity index (χ1n) is 11.3. The van der Waals surface area contributed by atoms with E-state index >= 15 is 0 Å². The molecular weight excluding hydrogens is 467 g/mol. The molecule has 1 saturated heterocycles. The molecule has 35 heavy (non-hydrogen) atoms. The van der Waals surface area contributed by atoms with E-state index in [1.807, 2.05) is 4.90 Å². The second kappa shape index (κ2) is 9.21. The van der Waals surface area contributed by atoms with E-state index in [9.17, 15) is 23.4 Å². The van der Waals surface area contributed by atoms with Crippen LogP contribution >= 0.6 is 0 Å². The first-order valence-corrected chi connectivity index (χ1v) is 11.3. The van der Waals surface area contributed by atoms with Crippen molar-refractivity contribution in [2.24, 2.45) is 5.92 Å². The maximum absolute atomic E-state index is 12.8. The Labute approximate surface area is 198 Å². The van der Waals surface area contributed by atoms with Crippen LogP contribution in [0.3, 0.4) is 0 Å². The zero-order chi connectivity index (χ0) is 24.7. The third-order valence-corrected chi connectivity index (χ3v) is 6.80. The number of ether oxygens (including phenoxy) is 1. The molecule has 10 nitrogen and oxygen atoms in total. The highest BCUT2D eigenvalue weighted by Crippen LogP contribution is 2.37. The zero-order valence-corrected chi connectivity index (χ0v) is 18.9. The lowest BCUT2D eigenvalue weighted by atomic mass is 10.1. The topological polar surface area (TPSA) is 121 Å². The summed E-state index contributed by atoms with van der Waals surface area (Å²) in [6, 6.07) is 2.00. The van der Waals surface area contributed by atoms with E-state index in [4.69, 9.17) is 4.74 Å². The number of aromatic nitrogens is 5. The van der Waals surface area contributed by atoms with E-state index in [0.29, 0.717) is 48.9 Å². The van der Waals surface area contributed by atoms with Crippen molar-refractivity contribution >= 4 is 22.8 Å². The third-order valence-electron chi connectivity index (χ3n) is 6.80. The van der Waals surface area contributed by atoms with Crippen LogP contribution in [0.4, 0.5) is 24.8 Å². The lowest BCUT2D eigenvalue weighted by Gasteiger charge is -2.19. The highest BCUT2D eigenvalue weighted by atomic mass is 19.4. The number of alkyl halides is 3. The average Bonchev–Trinajstić information content (AvgIpc) is 3.54. The molecule has 2 fully saturated rings. The predicted molar refractivity (Wildman–Crippen MR) is 120 cm³/mol. The number of imidazole rings is 1. The van der Waals surface area contributed by atoms with Gasteiger partial charge in [-0.2, -0.15) is 13.2 Å². The Kier molecular flexibility index (Phi) is 6.23. The Morgan fingerprint density at radius 3 is 2.69 bits per heavy atom. The van der Waals surface area contributed by atoms with Crippen molar-refractivity contribution in [1.29, 1.82) is 0 Å². The monoisotopic (exact) mass is 493 g/mol. The predicted octanol–water partition coefficient (Wildman–Crippen LogP) is 1.86. The van der Waals surface area contributed by atoms with Gasteiger partial charge in [0.1, 0.15) is 23.8 Å². The number of anilines is 2. The molecule has 13 heteroatoms. The van der Waals surface area contributed by atoms with Crippen LogP contribution in [-0.4, -0.2) is 79.8 Å². The lowest BCUT2D eigenvalue weighted by Crippen LogP contribution is -2.30. The Bertz CT molecular complexity index is 1170. The van der Waals surface area contributed by atoms with Crippen LogP contribution in [0, 0.1) is 5.92 Å². The number of nitrogens with zero attached hydrogens (tertiary/aromatic N) is 6. The lowest BCUT2D eigenvalue weighted by molar-refractivity contribution is -0.137. The van der Waals surface area contributed by atoms with E-state index < -0.39 is 30.0 Å². The van der Waals surface area contributed by atoms with Crippen molar-refractivity contribution in [3.05, 3.63) is 36.5 Å². The van der Waals surface area contributed by atoms with Crippen LogP contribution in [0.2, 0.25) is 0 Å². The van der Waals surface area contributed by atoms with Gasteiger partial charge in [-0.05, 0) is 25.0 Å². The minimum Gasteiger partial charge on any atom is -0.390 e. The smallest absolute Gasteiger partial charge is 0.390 e. The molecule has 2 aliphatic rings. The van der Waals surface area contributed by atoms with Crippen molar-refractivity contribution in [2.75, 3.05) is 37.0 Å². The Morgan fingerprint density at radius 2 is 1.97 bits per heavy atom. The molecule has 188 valence electrons. The summed E-state index contributed by atoms with van der Waals surface area (Å²) < 4.78 is 45.4. The van der Waals surface area contributed by atoms with Crippen LogP contribution in [0.1, 0.15) is 24.4 Å². The summed E-state index contributed by atoms with van der Waals surface area (Å²) in [5.41, 5.74) is 0.300. The molecule has 0 bridgehead atoms. The number of halogens is 3. The fourth-order valence-electron chi connectivity index (χ4n) is 4.97. The van der Waals surface area contributed by atoms with Gasteiger partial charge in [0.2, 0.25) is 0 Å². The summed E-state index contributed by atoms with van der Waals surface area (Å²) in [5, 5.41) is 24.3. The van der Waals surface area contributed by atoms with Gasteiger partial charge in [0, 0.05) is 38.4 Å². The number of aliphatic hydroxyl groups excluding tert-OH is 2. The highest BCUT2D eigenvalue weighted by Gasteiger charge is 2.43.